The fraction of sp³-hybridized carbons (Fsp3) is 1.00. The summed E-state index contributed by atoms with van der Waals surface area (Å²) >= 11 is 5.37. The van der Waals surface area contributed by atoms with Crippen LogP contribution in [0.1, 0.15) is 207 Å². The maximum Gasteiger partial charge on any atom is 0.154 e. The van der Waals surface area contributed by atoms with E-state index in [0.717, 1.165) is 140 Å². The van der Waals surface area contributed by atoms with E-state index in [4.69, 9.17) is 0 Å². The molecule has 61 heavy (non-hydrogen) atoms. The SMILES string of the molecule is CC(C)(C)C1C[C@H]2CCC3CC([C@H]4CC[C@H]5SC6CC(CN7C8CCCC[C@H]8C8CCCC[C@H]87)CC7SC8CCC(C9CCCCC9)C[C@H]8B(C76)C5C4)CC4CC[C@@H](C1)C2C34. The van der Waals surface area contributed by atoms with Crippen LogP contribution in [0.2, 0.25) is 17.5 Å². The Morgan fingerprint density at radius 2 is 0.902 bits per heavy atom. The Morgan fingerprint density at radius 3 is 1.44 bits per heavy atom. The van der Waals surface area contributed by atoms with Gasteiger partial charge in [0.2, 0.25) is 0 Å². The summed E-state index contributed by atoms with van der Waals surface area (Å²) in [5, 5.41) is 4.02. The highest BCUT2D eigenvalue weighted by molar-refractivity contribution is 8.02. The van der Waals surface area contributed by atoms with Crippen molar-refractivity contribution in [2.75, 3.05) is 6.54 Å². The lowest BCUT2D eigenvalue weighted by Gasteiger charge is -2.63. The van der Waals surface area contributed by atoms with Crippen LogP contribution in [0.3, 0.4) is 0 Å². The molecule has 10 aliphatic carbocycles. The van der Waals surface area contributed by atoms with Crippen molar-refractivity contribution in [3.05, 3.63) is 0 Å². The molecule has 0 N–H and O–H groups in total. The van der Waals surface area contributed by atoms with Crippen molar-refractivity contribution < 1.29 is 0 Å². The van der Waals surface area contributed by atoms with Crippen LogP contribution in [-0.4, -0.2) is 51.2 Å². The Morgan fingerprint density at radius 1 is 0.426 bits per heavy atom. The quantitative estimate of drug-likeness (QED) is 0.259. The highest BCUT2D eigenvalue weighted by Gasteiger charge is 2.63. The van der Waals surface area contributed by atoms with E-state index in [-0.39, 0.29) is 0 Å². The minimum Gasteiger partial charge on any atom is -0.297 e. The van der Waals surface area contributed by atoms with Gasteiger partial charge in [-0.3, -0.25) is 4.90 Å². The zero-order valence-electron chi connectivity index (χ0n) is 39.8. The van der Waals surface area contributed by atoms with Crippen molar-refractivity contribution in [3.63, 3.8) is 0 Å². The Kier molecular flexibility index (Phi) is 11.5. The summed E-state index contributed by atoms with van der Waals surface area (Å²) in [7, 11) is 0. The van der Waals surface area contributed by atoms with Crippen molar-refractivity contribution in [3.8, 4) is 0 Å². The molecule has 10 saturated carbocycles. The molecule has 13 fully saturated rings. The zero-order valence-corrected chi connectivity index (χ0v) is 41.5. The first kappa shape index (κ1) is 41.9. The van der Waals surface area contributed by atoms with Crippen molar-refractivity contribution in [1.29, 1.82) is 0 Å². The molecule has 0 radical (unpaired) electrons. The number of hydrogen-bond donors (Lipinski definition) is 0. The summed E-state index contributed by atoms with van der Waals surface area (Å²) in [6, 6.07) is 1.93. The van der Waals surface area contributed by atoms with Gasteiger partial charge in [-0.1, -0.05) is 91.4 Å². The molecule has 3 heterocycles. The molecule has 0 aromatic heterocycles. The highest BCUT2D eigenvalue weighted by atomic mass is 32.2. The second-order valence-electron chi connectivity index (χ2n) is 27.6. The van der Waals surface area contributed by atoms with Crippen molar-refractivity contribution >= 4 is 30.2 Å². The Labute approximate surface area is 385 Å². The summed E-state index contributed by atoms with van der Waals surface area (Å²) in [6.45, 7) is 10.3. The lowest BCUT2D eigenvalue weighted by Crippen LogP contribution is -2.59. The van der Waals surface area contributed by atoms with Crippen molar-refractivity contribution in [2.24, 2.45) is 88.3 Å². The molecule has 13 aliphatic rings. The first-order chi connectivity index (χ1) is 29.8. The lowest BCUT2D eigenvalue weighted by molar-refractivity contribution is -0.116. The first-order valence-electron chi connectivity index (χ1n) is 28.9. The third-order valence-electron chi connectivity index (χ3n) is 24.3. The number of rotatable bonds is 4. The smallest absolute Gasteiger partial charge is 0.154 e. The molecule has 13 rings (SSSR count). The van der Waals surface area contributed by atoms with E-state index in [0.29, 0.717) is 5.41 Å². The Balaban J connectivity index is 0.748. The van der Waals surface area contributed by atoms with Gasteiger partial charge in [0.1, 0.15) is 0 Å². The third kappa shape index (κ3) is 7.36. The van der Waals surface area contributed by atoms with E-state index in [9.17, 15) is 0 Å². The van der Waals surface area contributed by atoms with Crippen LogP contribution in [0, 0.1) is 88.3 Å². The van der Waals surface area contributed by atoms with E-state index >= 15 is 0 Å². The molecule has 0 aromatic rings. The summed E-state index contributed by atoms with van der Waals surface area (Å²) in [5.41, 5.74) is 0.516. The molecule has 3 aliphatic heterocycles. The molecule has 0 aromatic carbocycles. The molecule has 1 nitrogen and oxygen atoms in total. The van der Waals surface area contributed by atoms with Gasteiger partial charge in [0.25, 0.3) is 0 Å². The van der Waals surface area contributed by atoms with Gasteiger partial charge < -0.3 is 0 Å². The van der Waals surface area contributed by atoms with Crippen LogP contribution in [0.25, 0.3) is 0 Å². The summed E-state index contributed by atoms with van der Waals surface area (Å²) in [5.74, 6) is 18.3. The van der Waals surface area contributed by atoms with E-state index in [1.165, 1.54) is 38.6 Å². The molecule has 22 atom stereocenters. The van der Waals surface area contributed by atoms with Gasteiger partial charge in [0.15, 0.2) is 6.71 Å². The van der Waals surface area contributed by atoms with Gasteiger partial charge in [0.05, 0.1) is 0 Å². The predicted octanol–water partition coefficient (Wildman–Crippen LogP) is 15.7. The average molecular weight is 866 g/mol. The number of likely N-dealkylation sites (tertiary alicyclic amines) is 1. The predicted molar refractivity (Wildman–Crippen MR) is 264 cm³/mol. The first-order valence-corrected chi connectivity index (χ1v) is 30.8. The number of nitrogens with zero attached hydrogens (tertiary/aromatic N) is 1. The van der Waals surface area contributed by atoms with Gasteiger partial charge in [0, 0.05) is 39.6 Å². The maximum atomic E-state index is 3.29. The molecule has 0 bridgehead atoms. The zero-order chi connectivity index (χ0) is 40.6. The standard InChI is InChI=1S/C57H92BNS2/c1-57(2,3)43-29-40-19-17-38-27-42(28-39-18-20-41(30-43)55(40)54(38)39)37-22-24-51-47(32-37)58-46-31-36(35-11-5-4-6-12-35)21-23-50(46)60-52-25-34(26-53(61-51)56(52)58)33-59-48-15-9-7-13-44(48)45-14-8-10-16-49(45)59/h34-56H,4-33H2,1-3H3/t34?,36?,37-,38?,39?,40-,41+,42?,43?,44-,45?,46+,47?,48?,49+,50?,51+,52?,53?,54?,55?,56?/m0/s1. The number of thioether (sulfide) groups is 2. The van der Waals surface area contributed by atoms with Crippen molar-refractivity contribution in [1.82, 2.24) is 4.90 Å². The molecule has 0 amide bonds. The van der Waals surface area contributed by atoms with Crippen molar-refractivity contribution in [2.45, 2.75) is 258 Å². The monoisotopic (exact) mass is 866 g/mol. The second kappa shape index (κ2) is 16.7. The minimum absolute atomic E-state index is 0.516. The Bertz CT molecular complexity index is 1500. The van der Waals surface area contributed by atoms with E-state index < -0.39 is 0 Å². The third-order valence-corrected chi connectivity index (χ3v) is 27.9. The molecule has 0 spiro atoms. The van der Waals surface area contributed by atoms with Crippen LogP contribution in [-0.2, 0) is 0 Å². The summed E-state index contributed by atoms with van der Waals surface area (Å²) in [6.07, 6.45) is 46.2. The fourth-order valence-corrected chi connectivity index (χ4v) is 26.5. The van der Waals surface area contributed by atoms with Gasteiger partial charge in [-0.2, -0.15) is 23.5 Å². The lowest BCUT2D eigenvalue weighted by atomic mass is 9.22. The van der Waals surface area contributed by atoms with E-state index in [1.54, 1.807) is 154 Å². The van der Waals surface area contributed by atoms with Crippen LogP contribution in [0.15, 0.2) is 0 Å². The molecular weight excluding hydrogens is 774 g/mol. The van der Waals surface area contributed by atoms with E-state index in [2.05, 4.69) is 49.2 Å². The topological polar surface area (TPSA) is 3.24 Å². The largest absolute Gasteiger partial charge is 0.297 e. The van der Waals surface area contributed by atoms with Gasteiger partial charge in [-0.15, -0.1) is 0 Å². The van der Waals surface area contributed by atoms with Gasteiger partial charge in [-0.05, 0) is 221 Å². The van der Waals surface area contributed by atoms with Crippen LogP contribution in [0.4, 0.5) is 0 Å². The van der Waals surface area contributed by atoms with Crippen LogP contribution in [0.5, 0.6) is 0 Å². The molecule has 15 unspecified atom stereocenters. The van der Waals surface area contributed by atoms with Gasteiger partial charge in [-0.25, -0.2) is 0 Å². The van der Waals surface area contributed by atoms with Gasteiger partial charge >= 0.3 is 0 Å². The number of hydrogen-bond acceptors (Lipinski definition) is 3. The Hall–Kier alpha value is 0.725. The van der Waals surface area contributed by atoms with Crippen LogP contribution < -0.4 is 0 Å². The molecular formula is C57H92BNS2. The van der Waals surface area contributed by atoms with Crippen LogP contribution >= 0.6 is 23.5 Å². The highest BCUT2D eigenvalue weighted by Crippen LogP contribution is 2.70. The maximum absolute atomic E-state index is 3.29. The second-order valence-corrected chi connectivity index (χ2v) is 30.6. The van der Waals surface area contributed by atoms with E-state index in [1.807, 2.05) is 0 Å². The normalized spacial score (nSPS) is 54.6. The molecule has 4 heteroatoms. The molecule has 340 valence electrons. The molecule has 3 saturated heterocycles. The summed E-state index contributed by atoms with van der Waals surface area (Å²) < 4.78 is 0. The minimum atomic E-state index is 0.516. The fourth-order valence-electron chi connectivity index (χ4n) is 22.1. The average Bonchev–Trinajstić information content (AvgIpc) is 3.60. The number of fused-ring (bicyclic) bond motifs is 7. The summed E-state index contributed by atoms with van der Waals surface area (Å²) in [4.78, 5) is 3.29.